The molecule has 4 nitrogen and oxygen atoms in total. The maximum Gasteiger partial charge on any atom is 0.218 e. The van der Waals surface area contributed by atoms with Crippen molar-refractivity contribution in [2.45, 2.75) is 13.8 Å². The van der Waals surface area contributed by atoms with Gasteiger partial charge in [0.05, 0.1) is 11.2 Å². The number of hydrogen-bond donors (Lipinski definition) is 1. The Morgan fingerprint density at radius 2 is 1.22 bits per heavy atom. The zero-order valence-electron chi connectivity index (χ0n) is 19.8. The Hall–Kier alpha value is -4.53. The Balaban J connectivity index is 0.000000143. The van der Waals surface area contributed by atoms with E-state index in [4.69, 9.17) is 0 Å². The number of para-hydroxylation sites is 2. The molecule has 0 amide bonds. The molecule has 0 saturated heterocycles. The van der Waals surface area contributed by atoms with E-state index in [9.17, 15) is 22.0 Å². The predicted molar refractivity (Wildman–Crippen MR) is 133 cm³/mol. The first-order chi connectivity index (χ1) is 17.7. The number of aromatic nitrogens is 4. The minimum Gasteiger partial charge on any atom is -0.361 e. The summed E-state index contributed by atoms with van der Waals surface area (Å²) in [5, 5.41) is 2.33. The highest BCUT2D eigenvalue weighted by atomic mass is 19.2. The van der Waals surface area contributed by atoms with Gasteiger partial charge < -0.3 is 9.55 Å². The molecule has 2 aromatic carbocycles. The summed E-state index contributed by atoms with van der Waals surface area (Å²) in [5.41, 5.74) is 4.99. The third kappa shape index (κ3) is 6.19. The summed E-state index contributed by atoms with van der Waals surface area (Å²) in [6.07, 6.45) is 3.77. The number of benzene rings is 2. The van der Waals surface area contributed by atoms with E-state index >= 15 is 0 Å². The Bertz CT molecular complexity index is 1600. The molecule has 0 unspecified atom stereocenters. The number of H-pyrrole nitrogens is 1. The molecule has 6 rings (SSSR count). The van der Waals surface area contributed by atoms with Gasteiger partial charge in [-0.1, -0.05) is 36.4 Å². The first-order valence-electron chi connectivity index (χ1n) is 11.1. The standard InChI is InChI=1S/C14H10F2N2.C9H9N.C5H2F3N/c1-9-3-2-4-10-5-6-18(14(9)10)11-7-12(15)17-13(16)8-11;1-7-3-2-4-8-5-6-10-9(7)8;6-3-1-4(7)9-5(8)2-3/h2-8H,1H3;2-6,10H,1H3;1-2H. The largest absolute Gasteiger partial charge is 0.361 e. The molecule has 0 fully saturated rings. The van der Waals surface area contributed by atoms with Crippen LogP contribution in [0.2, 0.25) is 0 Å². The van der Waals surface area contributed by atoms with Crippen LogP contribution in [0.4, 0.5) is 22.0 Å². The first kappa shape index (κ1) is 25.6. The molecule has 37 heavy (non-hydrogen) atoms. The van der Waals surface area contributed by atoms with Gasteiger partial charge in [-0.25, -0.2) is 4.39 Å². The van der Waals surface area contributed by atoms with Gasteiger partial charge in [-0.05, 0) is 42.5 Å². The van der Waals surface area contributed by atoms with Gasteiger partial charge in [-0.3, -0.25) is 0 Å². The van der Waals surface area contributed by atoms with Gasteiger partial charge in [0.25, 0.3) is 0 Å². The molecule has 0 aliphatic rings. The number of aromatic amines is 1. The minimum atomic E-state index is -1.15. The summed E-state index contributed by atoms with van der Waals surface area (Å²) in [6.45, 7) is 4.07. The van der Waals surface area contributed by atoms with E-state index in [1.54, 1.807) is 10.8 Å². The Labute approximate surface area is 209 Å². The van der Waals surface area contributed by atoms with Crippen LogP contribution >= 0.6 is 0 Å². The lowest BCUT2D eigenvalue weighted by Gasteiger charge is -2.07. The molecule has 188 valence electrons. The van der Waals surface area contributed by atoms with Crippen LogP contribution < -0.4 is 0 Å². The van der Waals surface area contributed by atoms with Gasteiger partial charge >= 0.3 is 0 Å². The van der Waals surface area contributed by atoms with Crippen molar-refractivity contribution in [2.24, 2.45) is 0 Å². The zero-order chi connectivity index (χ0) is 26.5. The molecular formula is C28H21F5N4. The number of hydrogen-bond acceptors (Lipinski definition) is 2. The van der Waals surface area contributed by atoms with Crippen LogP contribution in [0.1, 0.15) is 11.1 Å². The van der Waals surface area contributed by atoms with E-state index in [0.717, 1.165) is 16.5 Å². The zero-order valence-corrected chi connectivity index (χ0v) is 19.8. The predicted octanol–water partition coefficient (Wildman–Crippen LogP) is 7.59. The fourth-order valence-electron chi connectivity index (χ4n) is 3.86. The average Bonchev–Trinajstić information content (AvgIpc) is 3.47. The molecule has 0 aliphatic carbocycles. The molecule has 0 bridgehead atoms. The van der Waals surface area contributed by atoms with Gasteiger partial charge in [0.1, 0.15) is 5.82 Å². The number of aryl methyl sites for hydroxylation is 2. The summed E-state index contributed by atoms with van der Waals surface area (Å²) in [6, 6.07) is 19.6. The Morgan fingerprint density at radius 1 is 0.649 bits per heavy atom. The fourth-order valence-corrected chi connectivity index (χ4v) is 3.86. The summed E-state index contributed by atoms with van der Waals surface area (Å²) < 4.78 is 63.7. The third-order valence-electron chi connectivity index (χ3n) is 5.46. The first-order valence-corrected chi connectivity index (χ1v) is 11.1. The molecule has 0 spiro atoms. The fraction of sp³-hybridized carbons (Fsp3) is 0.0714. The second-order valence-corrected chi connectivity index (χ2v) is 8.12. The third-order valence-corrected chi connectivity index (χ3v) is 5.46. The molecule has 6 aromatic rings. The smallest absolute Gasteiger partial charge is 0.218 e. The number of halogens is 5. The van der Waals surface area contributed by atoms with Crippen molar-refractivity contribution >= 4 is 21.8 Å². The molecule has 0 aliphatic heterocycles. The number of pyridine rings is 2. The summed E-state index contributed by atoms with van der Waals surface area (Å²) in [4.78, 5) is 8.95. The van der Waals surface area contributed by atoms with Crippen LogP contribution in [0.25, 0.3) is 27.5 Å². The van der Waals surface area contributed by atoms with Gasteiger partial charge in [0.2, 0.25) is 23.8 Å². The van der Waals surface area contributed by atoms with E-state index in [1.165, 1.54) is 28.6 Å². The monoisotopic (exact) mass is 508 g/mol. The van der Waals surface area contributed by atoms with Crippen molar-refractivity contribution in [1.29, 1.82) is 0 Å². The van der Waals surface area contributed by atoms with Gasteiger partial charge in [0.15, 0.2) is 0 Å². The second kappa shape index (κ2) is 11.0. The van der Waals surface area contributed by atoms with E-state index in [0.29, 0.717) is 17.8 Å². The van der Waals surface area contributed by atoms with Crippen LogP contribution in [0, 0.1) is 43.5 Å². The molecule has 0 saturated carbocycles. The summed E-state index contributed by atoms with van der Waals surface area (Å²) in [7, 11) is 0. The highest BCUT2D eigenvalue weighted by molar-refractivity contribution is 5.85. The average molecular weight is 508 g/mol. The highest BCUT2D eigenvalue weighted by Gasteiger charge is 2.08. The van der Waals surface area contributed by atoms with Crippen molar-refractivity contribution < 1.29 is 22.0 Å². The van der Waals surface area contributed by atoms with Crippen molar-refractivity contribution in [1.82, 2.24) is 19.5 Å². The molecule has 0 radical (unpaired) electrons. The molecule has 4 heterocycles. The van der Waals surface area contributed by atoms with E-state index in [-0.39, 0.29) is 0 Å². The van der Waals surface area contributed by atoms with Gasteiger partial charge in [0, 0.05) is 47.6 Å². The number of nitrogens with zero attached hydrogens (tertiary/aromatic N) is 3. The van der Waals surface area contributed by atoms with E-state index in [2.05, 4.69) is 46.1 Å². The van der Waals surface area contributed by atoms with Crippen LogP contribution in [-0.2, 0) is 0 Å². The lowest BCUT2D eigenvalue weighted by Crippen LogP contribution is -1.98. The lowest BCUT2D eigenvalue weighted by molar-refractivity contribution is 0.487. The maximum absolute atomic E-state index is 13.2. The number of nitrogens with one attached hydrogen (secondary N) is 1. The van der Waals surface area contributed by atoms with Crippen molar-refractivity contribution in [3.05, 3.63) is 126 Å². The number of fused-ring (bicyclic) bond motifs is 2. The van der Waals surface area contributed by atoms with E-state index < -0.39 is 29.6 Å². The van der Waals surface area contributed by atoms with Crippen LogP contribution in [0.3, 0.4) is 0 Å². The SMILES string of the molecule is Cc1cccc2cc[nH]c12.Cc1cccc2ccn(-c3cc(F)nc(F)c3)c12.Fc1cc(F)nc(F)c1. The highest BCUT2D eigenvalue weighted by Crippen LogP contribution is 2.24. The Kier molecular flexibility index (Phi) is 7.62. The van der Waals surface area contributed by atoms with Crippen LogP contribution in [0.5, 0.6) is 0 Å². The van der Waals surface area contributed by atoms with Crippen LogP contribution in [-0.4, -0.2) is 19.5 Å². The Morgan fingerprint density at radius 3 is 1.81 bits per heavy atom. The second-order valence-electron chi connectivity index (χ2n) is 8.12. The molecule has 4 aromatic heterocycles. The van der Waals surface area contributed by atoms with Crippen molar-refractivity contribution in [3.8, 4) is 5.69 Å². The molecule has 1 N–H and O–H groups in total. The number of rotatable bonds is 1. The van der Waals surface area contributed by atoms with Gasteiger partial charge in [-0.15, -0.1) is 0 Å². The maximum atomic E-state index is 13.2. The minimum absolute atomic E-state index is 0.435. The topological polar surface area (TPSA) is 46.5 Å². The molecular weight excluding hydrogens is 487 g/mol. The quantitative estimate of drug-likeness (QED) is 0.184. The lowest BCUT2D eigenvalue weighted by atomic mass is 10.1. The van der Waals surface area contributed by atoms with Gasteiger partial charge in [-0.2, -0.15) is 27.5 Å². The van der Waals surface area contributed by atoms with Crippen LogP contribution in [0.15, 0.2) is 85.2 Å². The summed E-state index contributed by atoms with van der Waals surface area (Å²) in [5.74, 6) is -4.89. The molecule has 9 heteroatoms. The normalized spacial score (nSPS) is 10.6. The molecule has 0 atom stereocenters. The van der Waals surface area contributed by atoms with Crippen molar-refractivity contribution in [3.63, 3.8) is 0 Å². The summed E-state index contributed by atoms with van der Waals surface area (Å²) >= 11 is 0. The van der Waals surface area contributed by atoms with E-state index in [1.807, 2.05) is 37.4 Å². The van der Waals surface area contributed by atoms with Crippen molar-refractivity contribution in [2.75, 3.05) is 0 Å².